The van der Waals surface area contributed by atoms with Crippen LogP contribution in [0.2, 0.25) is 0 Å². The molecule has 0 saturated heterocycles. The predicted octanol–water partition coefficient (Wildman–Crippen LogP) is 1.87. The van der Waals surface area contributed by atoms with Gasteiger partial charge in [-0.15, -0.1) is 12.3 Å². The number of terminal acetylenes is 1. The van der Waals surface area contributed by atoms with E-state index in [1.165, 1.54) is 17.5 Å². The van der Waals surface area contributed by atoms with Crippen molar-refractivity contribution in [2.75, 3.05) is 6.54 Å². The highest BCUT2D eigenvalue weighted by atomic mass is 32.2. The Kier molecular flexibility index (Phi) is 4.05. The summed E-state index contributed by atoms with van der Waals surface area (Å²) in [4.78, 5) is 0.347. The SMILES string of the molecule is C#CCCNS(=O)(=O)c1ccc2c(c1)CCCC2. The maximum Gasteiger partial charge on any atom is 0.240 e. The maximum absolute atomic E-state index is 12.0. The van der Waals surface area contributed by atoms with Crippen molar-refractivity contribution >= 4 is 10.0 Å². The number of benzene rings is 1. The third kappa shape index (κ3) is 2.92. The summed E-state index contributed by atoms with van der Waals surface area (Å²) in [6.07, 6.45) is 9.87. The normalized spacial score (nSPS) is 14.8. The van der Waals surface area contributed by atoms with Crippen LogP contribution in [0.3, 0.4) is 0 Å². The van der Waals surface area contributed by atoms with Crippen molar-refractivity contribution in [2.24, 2.45) is 0 Å². The van der Waals surface area contributed by atoms with E-state index in [2.05, 4.69) is 10.6 Å². The van der Waals surface area contributed by atoms with Crippen molar-refractivity contribution in [3.8, 4) is 12.3 Å². The Labute approximate surface area is 109 Å². The van der Waals surface area contributed by atoms with Gasteiger partial charge in [-0.2, -0.15) is 0 Å². The summed E-state index contributed by atoms with van der Waals surface area (Å²) in [6, 6.07) is 5.42. The smallest absolute Gasteiger partial charge is 0.210 e. The van der Waals surface area contributed by atoms with E-state index in [9.17, 15) is 8.42 Å². The Balaban J connectivity index is 2.20. The molecule has 1 N–H and O–H groups in total. The maximum atomic E-state index is 12.0. The number of hydrogen-bond acceptors (Lipinski definition) is 2. The Bertz CT molecular complexity index is 570. The number of hydrogen-bond donors (Lipinski definition) is 1. The number of fused-ring (bicyclic) bond motifs is 1. The molecule has 0 atom stereocenters. The number of rotatable bonds is 4. The van der Waals surface area contributed by atoms with Crippen molar-refractivity contribution < 1.29 is 8.42 Å². The fourth-order valence-corrected chi connectivity index (χ4v) is 3.30. The summed E-state index contributed by atoms with van der Waals surface area (Å²) in [5.41, 5.74) is 2.45. The van der Waals surface area contributed by atoms with E-state index in [-0.39, 0.29) is 6.54 Å². The zero-order chi connectivity index (χ0) is 13.0. The average molecular weight is 263 g/mol. The van der Waals surface area contributed by atoms with Crippen LogP contribution in [-0.2, 0) is 22.9 Å². The second-order valence-electron chi connectivity index (χ2n) is 4.49. The lowest BCUT2D eigenvalue weighted by Crippen LogP contribution is -2.24. The molecule has 0 heterocycles. The lowest BCUT2D eigenvalue weighted by Gasteiger charge is -2.16. The summed E-state index contributed by atoms with van der Waals surface area (Å²) >= 11 is 0. The van der Waals surface area contributed by atoms with Gasteiger partial charge in [0.2, 0.25) is 10.0 Å². The molecule has 0 radical (unpaired) electrons. The standard InChI is InChI=1S/C14H17NO2S/c1-2-3-10-15-18(16,17)14-9-8-12-6-4-5-7-13(12)11-14/h1,8-9,11,15H,3-7,10H2. The van der Waals surface area contributed by atoms with Gasteiger partial charge in [0.25, 0.3) is 0 Å². The Morgan fingerprint density at radius 3 is 2.67 bits per heavy atom. The summed E-state index contributed by atoms with van der Waals surface area (Å²) in [7, 11) is -3.41. The van der Waals surface area contributed by atoms with Gasteiger partial charge in [-0.3, -0.25) is 0 Å². The molecule has 0 saturated carbocycles. The van der Waals surface area contributed by atoms with E-state index in [1.54, 1.807) is 12.1 Å². The zero-order valence-corrected chi connectivity index (χ0v) is 11.1. The van der Waals surface area contributed by atoms with E-state index >= 15 is 0 Å². The van der Waals surface area contributed by atoms with E-state index in [0.717, 1.165) is 19.3 Å². The number of aryl methyl sites for hydroxylation is 2. The van der Waals surface area contributed by atoms with E-state index in [0.29, 0.717) is 11.3 Å². The lowest BCUT2D eigenvalue weighted by atomic mass is 9.92. The Morgan fingerprint density at radius 1 is 1.22 bits per heavy atom. The minimum Gasteiger partial charge on any atom is -0.210 e. The fourth-order valence-electron chi connectivity index (χ4n) is 2.22. The van der Waals surface area contributed by atoms with Gasteiger partial charge in [0.05, 0.1) is 4.90 Å². The first kappa shape index (κ1) is 13.1. The predicted molar refractivity (Wildman–Crippen MR) is 71.7 cm³/mol. The van der Waals surface area contributed by atoms with Crippen molar-refractivity contribution in [3.63, 3.8) is 0 Å². The van der Waals surface area contributed by atoms with Crippen molar-refractivity contribution in [1.82, 2.24) is 4.72 Å². The molecule has 0 aliphatic heterocycles. The van der Waals surface area contributed by atoms with Crippen LogP contribution in [0.15, 0.2) is 23.1 Å². The third-order valence-corrected chi connectivity index (χ3v) is 4.65. The Hall–Kier alpha value is -1.31. The van der Waals surface area contributed by atoms with Crippen LogP contribution >= 0.6 is 0 Å². The van der Waals surface area contributed by atoms with Gasteiger partial charge in [-0.1, -0.05) is 6.07 Å². The van der Waals surface area contributed by atoms with Crippen LogP contribution in [0.1, 0.15) is 30.4 Å². The lowest BCUT2D eigenvalue weighted by molar-refractivity contribution is 0.582. The van der Waals surface area contributed by atoms with Crippen molar-refractivity contribution in [3.05, 3.63) is 29.3 Å². The van der Waals surface area contributed by atoms with Crippen LogP contribution < -0.4 is 4.72 Å². The third-order valence-electron chi connectivity index (χ3n) is 3.19. The molecule has 96 valence electrons. The van der Waals surface area contributed by atoms with Crippen LogP contribution in [0.5, 0.6) is 0 Å². The molecular weight excluding hydrogens is 246 g/mol. The molecule has 0 spiro atoms. The molecule has 0 amide bonds. The van der Waals surface area contributed by atoms with Gasteiger partial charge in [0.1, 0.15) is 0 Å². The monoisotopic (exact) mass is 263 g/mol. The van der Waals surface area contributed by atoms with Gasteiger partial charge in [0, 0.05) is 13.0 Å². The topological polar surface area (TPSA) is 46.2 Å². The average Bonchev–Trinajstić information content (AvgIpc) is 2.38. The molecule has 2 rings (SSSR count). The molecule has 0 bridgehead atoms. The molecule has 3 nitrogen and oxygen atoms in total. The second kappa shape index (κ2) is 5.55. The second-order valence-corrected chi connectivity index (χ2v) is 6.26. The number of sulfonamides is 1. The summed E-state index contributed by atoms with van der Waals surface area (Å²) in [5, 5.41) is 0. The highest BCUT2D eigenvalue weighted by Gasteiger charge is 2.16. The van der Waals surface area contributed by atoms with E-state index in [1.807, 2.05) is 6.07 Å². The van der Waals surface area contributed by atoms with Gasteiger partial charge >= 0.3 is 0 Å². The first-order valence-corrected chi connectivity index (χ1v) is 7.67. The summed E-state index contributed by atoms with van der Waals surface area (Å²) in [6.45, 7) is 0.288. The fraction of sp³-hybridized carbons (Fsp3) is 0.429. The molecule has 0 unspecified atom stereocenters. The molecule has 1 aromatic carbocycles. The van der Waals surface area contributed by atoms with Crippen LogP contribution in [0, 0.1) is 12.3 Å². The number of nitrogens with one attached hydrogen (secondary N) is 1. The largest absolute Gasteiger partial charge is 0.240 e. The molecule has 1 aliphatic rings. The molecule has 0 aromatic heterocycles. The minimum atomic E-state index is -3.41. The van der Waals surface area contributed by atoms with Gasteiger partial charge in [0.15, 0.2) is 0 Å². The van der Waals surface area contributed by atoms with Gasteiger partial charge < -0.3 is 0 Å². The van der Waals surface area contributed by atoms with Crippen LogP contribution in [-0.4, -0.2) is 15.0 Å². The van der Waals surface area contributed by atoms with Crippen LogP contribution in [0.25, 0.3) is 0 Å². The molecule has 18 heavy (non-hydrogen) atoms. The highest BCUT2D eigenvalue weighted by molar-refractivity contribution is 7.89. The molecule has 1 aliphatic carbocycles. The van der Waals surface area contributed by atoms with E-state index < -0.39 is 10.0 Å². The summed E-state index contributed by atoms with van der Waals surface area (Å²) < 4.78 is 26.5. The highest BCUT2D eigenvalue weighted by Crippen LogP contribution is 2.23. The van der Waals surface area contributed by atoms with E-state index in [4.69, 9.17) is 6.42 Å². The molecule has 1 aromatic rings. The van der Waals surface area contributed by atoms with Crippen LogP contribution in [0.4, 0.5) is 0 Å². The minimum absolute atomic E-state index is 0.288. The molecule has 4 heteroatoms. The van der Waals surface area contributed by atoms with Gasteiger partial charge in [-0.05, 0) is 48.9 Å². The molecule has 0 fully saturated rings. The Morgan fingerprint density at radius 2 is 1.94 bits per heavy atom. The first-order chi connectivity index (χ1) is 8.63. The van der Waals surface area contributed by atoms with Crippen molar-refractivity contribution in [1.29, 1.82) is 0 Å². The first-order valence-electron chi connectivity index (χ1n) is 6.18. The zero-order valence-electron chi connectivity index (χ0n) is 10.3. The van der Waals surface area contributed by atoms with Gasteiger partial charge in [-0.25, -0.2) is 13.1 Å². The summed E-state index contributed by atoms with van der Waals surface area (Å²) in [5.74, 6) is 2.41. The quantitative estimate of drug-likeness (QED) is 0.666. The van der Waals surface area contributed by atoms with Crippen molar-refractivity contribution in [2.45, 2.75) is 37.0 Å². The molecular formula is C14H17NO2S.